The van der Waals surface area contributed by atoms with Crippen molar-refractivity contribution in [2.75, 3.05) is 11.1 Å². The lowest BCUT2D eigenvalue weighted by Crippen LogP contribution is -2.23. The maximum atomic E-state index is 14.6. The van der Waals surface area contributed by atoms with E-state index in [-0.39, 0.29) is 27.9 Å². The molecule has 0 atom stereocenters. The number of hydrogen-bond donors (Lipinski definition) is 1. The molecule has 0 fully saturated rings. The van der Waals surface area contributed by atoms with Crippen LogP contribution in [0.1, 0.15) is 5.56 Å². The van der Waals surface area contributed by atoms with E-state index in [1.54, 1.807) is 24.3 Å². The SMILES string of the molecule is Cc1ccc2nc(NC(=O)CSc3nc4ccccc4c(=O)n3-c3ccc(F)cc3F)sc2c1. The first kappa shape index (κ1) is 22.2. The minimum absolute atomic E-state index is 0.0947. The molecule has 3 aromatic carbocycles. The maximum Gasteiger partial charge on any atom is 0.266 e. The summed E-state index contributed by atoms with van der Waals surface area (Å²) in [5.41, 5.74) is 1.64. The fourth-order valence-electron chi connectivity index (χ4n) is 3.45. The van der Waals surface area contributed by atoms with Crippen molar-refractivity contribution in [3.8, 4) is 5.69 Å². The number of carbonyl (C=O) groups excluding carboxylic acids is 1. The summed E-state index contributed by atoms with van der Waals surface area (Å²) in [5, 5.41) is 3.62. The quantitative estimate of drug-likeness (QED) is 0.265. The molecular weight excluding hydrogens is 478 g/mol. The molecule has 10 heteroatoms. The summed E-state index contributed by atoms with van der Waals surface area (Å²) in [6.07, 6.45) is 0. The van der Waals surface area contributed by atoms with Crippen molar-refractivity contribution in [3.05, 3.63) is 88.2 Å². The van der Waals surface area contributed by atoms with Gasteiger partial charge in [-0.05, 0) is 48.9 Å². The topological polar surface area (TPSA) is 76.9 Å². The van der Waals surface area contributed by atoms with Crippen LogP contribution in [-0.2, 0) is 4.79 Å². The number of halogens is 2. The molecule has 1 amide bonds. The molecule has 34 heavy (non-hydrogen) atoms. The number of amides is 1. The number of hydrogen-bond acceptors (Lipinski definition) is 6. The Hall–Kier alpha value is -3.63. The molecule has 6 nitrogen and oxygen atoms in total. The fraction of sp³-hybridized carbons (Fsp3) is 0.0833. The Morgan fingerprint density at radius 3 is 2.71 bits per heavy atom. The molecule has 1 N–H and O–H groups in total. The summed E-state index contributed by atoms with van der Waals surface area (Å²) >= 11 is 2.34. The first-order valence-electron chi connectivity index (χ1n) is 10.2. The van der Waals surface area contributed by atoms with Gasteiger partial charge in [-0.3, -0.25) is 14.2 Å². The van der Waals surface area contributed by atoms with Gasteiger partial charge >= 0.3 is 0 Å². The van der Waals surface area contributed by atoms with Crippen LogP contribution in [0.25, 0.3) is 26.8 Å². The molecule has 0 bridgehead atoms. The molecule has 0 aliphatic heterocycles. The van der Waals surface area contributed by atoms with Crippen LogP contribution in [0.2, 0.25) is 0 Å². The minimum atomic E-state index is -0.907. The zero-order chi connectivity index (χ0) is 23.8. The molecule has 5 rings (SSSR count). The molecular formula is C24H16F2N4O2S2. The van der Waals surface area contributed by atoms with E-state index in [1.165, 1.54) is 17.4 Å². The van der Waals surface area contributed by atoms with Crippen molar-refractivity contribution in [1.29, 1.82) is 0 Å². The lowest BCUT2D eigenvalue weighted by Gasteiger charge is -2.13. The zero-order valence-corrected chi connectivity index (χ0v) is 19.3. The summed E-state index contributed by atoms with van der Waals surface area (Å²) < 4.78 is 30.1. The largest absolute Gasteiger partial charge is 0.301 e. The highest BCUT2D eigenvalue weighted by atomic mass is 32.2. The van der Waals surface area contributed by atoms with Gasteiger partial charge in [0.1, 0.15) is 11.6 Å². The third-order valence-electron chi connectivity index (χ3n) is 5.02. The second-order valence-corrected chi connectivity index (χ2v) is 9.45. The zero-order valence-electron chi connectivity index (χ0n) is 17.7. The minimum Gasteiger partial charge on any atom is -0.301 e. The summed E-state index contributed by atoms with van der Waals surface area (Å²) in [5.74, 6) is -2.12. The molecule has 0 saturated carbocycles. The number of aryl methyl sites for hydroxylation is 1. The van der Waals surface area contributed by atoms with E-state index in [0.717, 1.165) is 38.2 Å². The number of aromatic nitrogens is 3. The Labute approximate surface area is 200 Å². The van der Waals surface area contributed by atoms with E-state index < -0.39 is 17.2 Å². The molecule has 0 spiro atoms. The van der Waals surface area contributed by atoms with E-state index in [4.69, 9.17) is 0 Å². The van der Waals surface area contributed by atoms with Gasteiger partial charge in [0.05, 0.1) is 32.6 Å². The lowest BCUT2D eigenvalue weighted by atomic mass is 10.2. The molecule has 0 aliphatic rings. The summed E-state index contributed by atoms with van der Waals surface area (Å²) in [7, 11) is 0. The summed E-state index contributed by atoms with van der Waals surface area (Å²) in [6, 6.07) is 15.4. The Morgan fingerprint density at radius 1 is 1.06 bits per heavy atom. The van der Waals surface area contributed by atoms with Crippen LogP contribution in [0.5, 0.6) is 0 Å². The van der Waals surface area contributed by atoms with E-state index in [2.05, 4.69) is 15.3 Å². The van der Waals surface area contributed by atoms with E-state index >= 15 is 0 Å². The van der Waals surface area contributed by atoms with Gasteiger partial charge in [0.25, 0.3) is 5.56 Å². The van der Waals surface area contributed by atoms with Crippen molar-refractivity contribution in [1.82, 2.24) is 14.5 Å². The Morgan fingerprint density at radius 2 is 1.88 bits per heavy atom. The van der Waals surface area contributed by atoms with Crippen molar-refractivity contribution in [3.63, 3.8) is 0 Å². The molecule has 2 heterocycles. The van der Waals surface area contributed by atoms with Gasteiger partial charge in [-0.1, -0.05) is 41.3 Å². The third-order valence-corrected chi connectivity index (χ3v) is 6.89. The number of nitrogens with one attached hydrogen (secondary N) is 1. The number of thioether (sulfide) groups is 1. The number of benzene rings is 3. The summed E-state index contributed by atoms with van der Waals surface area (Å²) in [4.78, 5) is 34.7. The van der Waals surface area contributed by atoms with Gasteiger partial charge in [-0.25, -0.2) is 18.7 Å². The predicted molar refractivity (Wildman–Crippen MR) is 131 cm³/mol. The van der Waals surface area contributed by atoms with E-state index in [1.807, 2.05) is 25.1 Å². The monoisotopic (exact) mass is 494 g/mol. The van der Waals surface area contributed by atoms with Crippen LogP contribution in [0.3, 0.4) is 0 Å². The van der Waals surface area contributed by atoms with Gasteiger partial charge in [0.15, 0.2) is 10.3 Å². The highest BCUT2D eigenvalue weighted by Crippen LogP contribution is 2.28. The number of fused-ring (bicyclic) bond motifs is 2. The molecule has 2 aromatic heterocycles. The molecule has 0 aliphatic carbocycles. The van der Waals surface area contributed by atoms with Crippen LogP contribution in [0, 0.1) is 18.6 Å². The smallest absolute Gasteiger partial charge is 0.266 e. The van der Waals surface area contributed by atoms with Gasteiger partial charge in [0, 0.05) is 6.07 Å². The number of para-hydroxylation sites is 1. The second-order valence-electron chi connectivity index (χ2n) is 7.47. The lowest BCUT2D eigenvalue weighted by molar-refractivity contribution is -0.113. The maximum absolute atomic E-state index is 14.6. The highest BCUT2D eigenvalue weighted by molar-refractivity contribution is 7.99. The average molecular weight is 495 g/mol. The van der Waals surface area contributed by atoms with Crippen molar-refractivity contribution < 1.29 is 13.6 Å². The number of anilines is 1. The van der Waals surface area contributed by atoms with Gasteiger partial charge < -0.3 is 5.32 Å². The number of thiazole rings is 1. The normalized spacial score (nSPS) is 11.3. The van der Waals surface area contributed by atoms with Crippen molar-refractivity contribution >= 4 is 55.3 Å². The number of carbonyl (C=O) groups is 1. The first-order chi connectivity index (χ1) is 16.4. The van der Waals surface area contributed by atoms with Crippen LogP contribution in [0.4, 0.5) is 13.9 Å². The molecule has 5 aromatic rings. The van der Waals surface area contributed by atoms with Crippen molar-refractivity contribution in [2.24, 2.45) is 0 Å². The Kier molecular flexibility index (Phi) is 5.84. The van der Waals surface area contributed by atoms with E-state index in [9.17, 15) is 18.4 Å². The third kappa shape index (κ3) is 4.29. The van der Waals surface area contributed by atoms with Gasteiger partial charge in [-0.15, -0.1) is 0 Å². The van der Waals surface area contributed by atoms with Crippen LogP contribution >= 0.6 is 23.1 Å². The van der Waals surface area contributed by atoms with Crippen LogP contribution < -0.4 is 10.9 Å². The van der Waals surface area contributed by atoms with Crippen LogP contribution in [0.15, 0.2) is 70.6 Å². The molecule has 0 unspecified atom stereocenters. The predicted octanol–water partition coefficient (Wildman–Crippen LogP) is 5.31. The first-order valence-corrected chi connectivity index (χ1v) is 12.0. The fourth-order valence-corrected chi connectivity index (χ4v) is 5.24. The number of nitrogens with zero attached hydrogens (tertiary/aromatic N) is 3. The van der Waals surface area contributed by atoms with Crippen molar-refractivity contribution in [2.45, 2.75) is 12.1 Å². The standard InChI is InChI=1S/C24H16F2N4O2S2/c1-13-6-8-18-20(10-13)34-23(27-18)29-21(31)12-33-24-28-17-5-3-2-4-15(17)22(32)30(24)19-9-7-14(25)11-16(19)26/h2-11H,12H2,1H3,(H,27,29,31). The summed E-state index contributed by atoms with van der Waals surface area (Å²) in [6.45, 7) is 1.98. The Balaban J connectivity index is 1.46. The van der Waals surface area contributed by atoms with E-state index in [0.29, 0.717) is 16.7 Å². The molecule has 170 valence electrons. The molecule has 0 saturated heterocycles. The van der Waals surface area contributed by atoms with Gasteiger partial charge in [-0.2, -0.15) is 0 Å². The average Bonchev–Trinajstić information content (AvgIpc) is 3.20. The van der Waals surface area contributed by atoms with Crippen LogP contribution in [-0.4, -0.2) is 26.2 Å². The highest BCUT2D eigenvalue weighted by Gasteiger charge is 2.18. The number of rotatable bonds is 5. The molecule has 0 radical (unpaired) electrons. The van der Waals surface area contributed by atoms with Gasteiger partial charge in [0.2, 0.25) is 5.91 Å². The Bertz CT molecular complexity index is 1630. The second kappa shape index (κ2) is 8.96.